The number of anilines is 4. The average molecular weight is 529 g/mol. The number of pyridine rings is 2. The molecule has 39 heavy (non-hydrogen) atoms. The van der Waals surface area contributed by atoms with Crippen LogP contribution in [-0.4, -0.2) is 69.8 Å². The van der Waals surface area contributed by atoms with Crippen molar-refractivity contribution in [1.82, 2.24) is 29.6 Å². The van der Waals surface area contributed by atoms with E-state index in [0.29, 0.717) is 52.5 Å². The third kappa shape index (κ3) is 6.32. The predicted molar refractivity (Wildman–Crippen MR) is 149 cm³/mol. The van der Waals surface area contributed by atoms with Gasteiger partial charge in [-0.25, -0.2) is 15.0 Å². The van der Waals surface area contributed by atoms with Gasteiger partial charge in [0.05, 0.1) is 35.8 Å². The summed E-state index contributed by atoms with van der Waals surface area (Å²) in [6, 6.07) is 11.2. The Kier molecular flexibility index (Phi) is 7.69. The van der Waals surface area contributed by atoms with Crippen molar-refractivity contribution < 1.29 is 14.3 Å². The third-order valence-corrected chi connectivity index (χ3v) is 6.25. The molecule has 3 heterocycles. The number of ether oxygens (including phenoxy) is 2. The van der Waals surface area contributed by atoms with E-state index in [2.05, 4.69) is 35.6 Å². The van der Waals surface area contributed by atoms with E-state index in [1.54, 1.807) is 30.5 Å². The molecular formula is C28H32N8O3. The van der Waals surface area contributed by atoms with Crippen LogP contribution in [0.1, 0.15) is 23.2 Å². The summed E-state index contributed by atoms with van der Waals surface area (Å²) in [6.45, 7) is 1.40. The topological polar surface area (TPSA) is 119 Å². The number of hydrogen-bond acceptors (Lipinski definition) is 10. The van der Waals surface area contributed by atoms with Crippen LogP contribution in [0.2, 0.25) is 0 Å². The van der Waals surface area contributed by atoms with E-state index in [1.807, 2.05) is 57.5 Å². The molecule has 202 valence electrons. The monoisotopic (exact) mass is 528 g/mol. The number of carbonyl (C=O) groups is 1. The largest absolute Gasteiger partial charge is 0.494 e. The van der Waals surface area contributed by atoms with E-state index in [-0.39, 0.29) is 11.7 Å². The number of nitrogens with zero attached hydrogens (tertiary/aromatic N) is 6. The Bertz CT molecular complexity index is 1450. The van der Waals surface area contributed by atoms with Gasteiger partial charge in [0, 0.05) is 31.8 Å². The van der Waals surface area contributed by atoms with E-state index in [9.17, 15) is 4.79 Å². The maximum absolute atomic E-state index is 13.1. The number of rotatable bonds is 12. The lowest BCUT2D eigenvalue weighted by Gasteiger charge is -2.17. The highest BCUT2D eigenvalue weighted by molar-refractivity contribution is 6.04. The summed E-state index contributed by atoms with van der Waals surface area (Å²) < 4.78 is 13.1. The molecule has 0 saturated heterocycles. The zero-order chi connectivity index (χ0) is 27.4. The fourth-order valence-corrected chi connectivity index (χ4v) is 4.05. The summed E-state index contributed by atoms with van der Waals surface area (Å²) in [4.78, 5) is 28.5. The van der Waals surface area contributed by atoms with Gasteiger partial charge < -0.3 is 25.0 Å². The summed E-state index contributed by atoms with van der Waals surface area (Å²) in [6.07, 6.45) is 6.72. The molecule has 11 nitrogen and oxygen atoms in total. The number of carbonyl (C=O) groups excluding carboxylic acids is 1. The number of Topliss-reactive ketones (excluding diaryl/α,β-unsaturated/α-hetero) is 1. The van der Waals surface area contributed by atoms with Crippen LogP contribution < -0.4 is 20.1 Å². The lowest BCUT2D eigenvalue weighted by Crippen LogP contribution is -2.19. The Morgan fingerprint density at radius 2 is 1.87 bits per heavy atom. The number of nitrogens with one attached hydrogen (secondary N) is 2. The molecular weight excluding hydrogens is 496 g/mol. The fourth-order valence-electron chi connectivity index (χ4n) is 4.05. The molecule has 1 fully saturated rings. The molecule has 0 radical (unpaired) electrons. The highest BCUT2D eigenvalue weighted by atomic mass is 16.5. The highest BCUT2D eigenvalue weighted by Gasteiger charge is 2.32. The zero-order valence-corrected chi connectivity index (χ0v) is 22.5. The molecule has 0 bridgehead atoms. The number of aromatic nitrogens is 5. The average Bonchev–Trinajstić information content (AvgIpc) is 3.69. The maximum atomic E-state index is 13.1. The molecule has 2 N–H and O–H groups in total. The SMILES string of the molecule is COc1c(Nc2cc(Nc3ccc(OCCN(C)C)cn3)ncc2C(=O)C2CC2)cccc1-c1ncn(C)n1. The van der Waals surface area contributed by atoms with Crippen molar-refractivity contribution in [2.75, 3.05) is 45.0 Å². The molecule has 0 aliphatic heterocycles. The van der Waals surface area contributed by atoms with Crippen molar-refractivity contribution in [3.05, 3.63) is 60.7 Å². The Labute approximate surface area is 227 Å². The lowest BCUT2D eigenvalue weighted by molar-refractivity contribution is 0.0968. The Balaban J connectivity index is 1.41. The zero-order valence-electron chi connectivity index (χ0n) is 22.5. The van der Waals surface area contributed by atoms with Gasteiger partial charge in [-0.3, -0.25) is 9.48 Å². The molecule has 0 spiro atoms. The molecule has 3 aromatic heterocycles. The predicted octanol–water partition coefficient (Wildman–Crippen LogP) is 4.30. The summed E-state index contributed by atoms with van der Waals surface area (Å²) in [5.41, 5.74) is 2.58. The van der Waals surface area contributed by atoms with Gasteiger partial charge in [0.1, 0.15) is 30.3 Å². The summed E-state index contributed by atoms with van der Waals surface area (Å²) in [5.74, 6) is 3.08. The number of benzene rings is 1. The summed E-state index contributed by atoms with van der Waals surface area (Å²) in [7, 11) is 7.41. The molecule has 0 atom stereocenters. The van der Waals surface area contributed by atoms with Gasteiger partial charge in [-0.15, -0.1) is 0 Å². The first-order valence-electron chi connectivity index (χ1n) is 12.8. The van der Waals surface area contributed by atoms with Crippen LogP contribution in [-0.2, 0) is 7.05 Å². The Morgan fingerprint density at radius 1 is 1.05 bits per heavy atom. The quantitative estimate of drug-likeness (QED) is 0.258. The molecule has 1 aliphatic rings. The van der Waals surface area contributed by atoms with Crippen LogP contribution >= 0.6 is 0 Å². The third-order valence-electron chi connectivity index (χ3n) is 6.25. The minimum absolute atomic E-state index is 0.0406. The maximum Gasteiger partial charge on any atom is 0.184 e. The van der Waals surface area contributed by atoms with Gasteiger partial charge >= 0.3 is 0 Å². The van der Waals surface area contributed by atoms with Crippen molar-refractivity contribution >= 4 is 28.8 Å². The fraction of sp³-hybridized carbons (Fsp3) is 0.321. The van der Waals surface area contributed by atoms with Crippen LogP contribution in [0.5, 0.6) is 11.5 Å². The van der Waals surface area contributed by atoms with Crippen molar-refractivity contribution in [3.63, 3.8) is 0 Å². The molecule has 0 amide bonds. The second kappa shape index (κ2) is 11.5. The van der Waals surface area contributed by atoms with Crippen LogP contribution in [0.3, 0.4) is 0 Å². The number of aryl methyl sites for hydroxylation is 1. The van der Waals surface area contributed by atoms with Gasteiger partial charge in [0.15, 0.2) is 17.4 Å². The summed E-state index contributed by atoms with van der Waals surface area (Å²) >= 11 is 0. The first kappa shape index (κ1) is 26.1. The van der Waals surface area contributed by atoms with Crippen LogP contribution in [0.15, 0.2) is 55.1 Å². The van der Waals surface area contributed by atoms with Crippen molar-refractivity contribution in [1.29, 1.82) is 0 Å². The Morgan fingerprint density at radius 3 is 2.54 bits per heavy atom. The van der Waals surface area contributed by atoms with Crippen LogP contribution in [0.4, 0.5) is 23.0 Å². The molecule has 0 unspecified atom stereocenters. The second-order valence-corrected chi connectivity index (χ2v) is 9.66. The summed E-state index contributed by atoms with van der Waals surface area (Å²) in [5, 5.41) is 11.0. The van der Waals surface area contributed by atoms with Gasteiger partial charge in [-0.2, -0.15) is 5.10 Å². The first-order chi connectivity index (χ1) is 18.9. The first-order valence-corrected chi connectivity index (χ1v) is 12.8. The van der Waals surface area contributed by atoms with Gasteiger partial charge in [0.25, 0.3) is 0 Å². The molecule has 5 rings (SSSR count). The van der Waals surface area contributed by atoms with E-state index in [0.717, 1.165) is 24.9 Å². The lowest BCUT2D eigenvalue weighted by atomic mass is 10.1. The van der Waals surface area contributed by atoms with Crippen LogP contribution in [0.25, 0.3) is 11.4 Å². The van der Waals surface area contributed by atoms with Crippen molar-refractivity contribution in [2.24, 2.45) is 13.0 Å². The minimum Gasteiger partial charge on any atom is -0.494 e. The molecule has 1 aliphatic carbocycles. The van der Waals surface area contributed by atoms with E-state index >= 15 is 0 Å². The smallest absolute Gasteiger partial charge is 0.184 e. The minimum atomic E-state index is 0.0406. The Hall–Kier alpha value is -4.51. The number of hydrogen-bond donors (Lipinski definition) is 2. The van der Waals surface area contributed by atoms with Crippen molar-refractivity contribution in [2.45, 2.75) is 12.8 Å². The second-order valence-electron chi connectivity index (χ2n) is 9.66. The number of ketones is 1. The van der Waals surface area contributed by atoms with E-state index < -0.39 is 0 Å². The number of likely N-dealkylation sites (N-methyl/N-ethyl adjacent to an activating group) is 1. The van der Waals surface area contributed by atoms with Gasteiger partial charge in [-0.05, 0) is 51.2 Å². The highest BCUT2D eigenvalue weighted by Crippen LogP contribution is 2.39. The van der Waals surface area contributed by atoms with Gasteiger partial charge in [-0.1, -0.05) is 6.07 Å². The van der Waals surface area contributed by atoms with Gasteiger partial charge in [0.2, 0.25) is 0 Å². The van der Waals surface area contributed by atoms with E-state index in [4.69, 9.17) is 9.47 Å². The molecule has 4 aromatic rings. The van der Waals surface area contributed by atoms with Crippen molar-refractivity contribution in [3.8, 4) is 22.9 Å². The molecule has 1 saturated carbocycles. The standard InChI is InChI=1S/C28H32N8O3/c1-35(2)12-13-39-19-10-11-24(29-15-19)33-25-14-23(21(16-30-25)26(37)18-8-9-18)32-22-7-5-6-20(27(22)38-4)28-31-17-36(3)34-28/h5-7,10-11,14-18H,8-9,12-13H2,1-4H3,(H2,29,30,32,33). The van der Waals surface area contributed by atoms with E-state index in [1.165, 1.54) is 0 Å². The molecule has 11 heteroatoms. The van der Waals surface area contributed by atoms with Crippen LogP contribution in [0, 0.1) is 5.92 Å². The molecule has 1 aromatic carbocycles. The number of methoxy groups -OCH3 is 1. The normalized spacial score (nSPS) is 12.8. The number of para-hydroxylation sites is 1.